The number of rotatable bonds is 3. The zero-order valence-electron chi connectivity index (χ0n) is 14.5. The van der Waals surface area contributed by atoms with E-state index in [2.05, 4.69) is 0 Å². The Bertz CT molecular complexity index is 1110. The largest absolute Gasteiger partial charge is 0.478 e. The van der Waals surface area contributed by atoms with Crippen molar-refractivity contribution in [1.29, 1.82) is 0 Å². The van der Waals surface area contributed by atoms with Crippen LogP contribution in [0.5, 0.6) is 0 Å². The summed E-state index contributed by atoms with van der Waals surface area (Å²) >= 11 is 5.94. The summed E-state index contributed by atoms with van der Waals surface area (Å²) < 4.78 is 27.1. The van der Waals surface area contributed by atoms with Crippen molar-refractivity contribution in [2.24, 2.45) is 0 Å². The predicted octanol–water partition coefficient (Wildman–Crippen LogP) is 4.53. The molecule has 0 fully saturated rings. The summed E-state index contributed by atoms with van der Waals surface area (Å²) in [5.41, 5.74) is 1.06. The highest BCUT2D eigenvalue weighted by atomic mass is 35.5. The Balaban J connectivity index is 2.20. The molecule has 136 valence electrons. The maximum Gasteiger partial charge on any atom is 0.337 e. The molecule has 0 saturated carbocycles. The van der Waals surface area contributed by atoms with Gasteiger partial charge in [0.1, 0.15) is 0 Å². The van der Waals surface area contributed by atoms with Crippen molar-refractivity contribution in [3.8, 4) is 0 Å². The van der Waals surface area contributed by atoms with Crippen LogP contribution in [0.1, 0.15) is 36.7 Å². The Hall–Kier alpha value is -2.31. The molecule has 26 heavy (non-hydrogen) atoms. The Labute approximate surface area is 156 Å². The molecule has 0 radical (unpaired) electrons. The van der Waals surface area contributed by atoms with E-state index >= 15 is 0 Å². The summed E-state index contributed by atoms with van der Waals surface area (Å²) in [6.07, 6.45) is 1.12. The van der Waals surface area contributed by atoms with Crippen LogP contribution in [0.2, 0.25) is 5.02 Å². The molecule has 7 heteroatoms. The molecule has 0 saturated heterocycles. The van der Waals surface area contributed by atoms with Gasteiger partial charge in [-0.2, -0.15) is 0 Å². The molecule has 0 aliphatic carbocycles. The lowest BCUT2D eigenvalue weighted by Gasteiger charge is -2.19. The summed E-state index contributed by atoms with van der Waals surface area (Å²) in [4.78, 5) is 11.6. The molecule has 0 bridgehead atoms. The zero-order valence-corrected chi connectivity index (χ0v) is 16.1. The van der Waals surface area contributed by atoms with Crippen LogP contribution in [0, 0.1) is 0 Å². The monoisotopic (exact) mass is 391 g/mol. The lowest BCUT2D eigenvalue weighted by molar-refractivity contribution is 0.0699. The highest BCUT2D eigenvalue weighted by Crippen LogP contribution is 2.29. The fraction of sp³-hybridized carbons (Fsp3) is 0.211. The van der Waals surface area contributed by atoms with Crippen molar-refractivity contribution in [3.05, 3.63) is 64.8 Å². The summed E-state index contributed by atoms with van der Waals surface area (Å²) in [6.45, 7) is 6.12. The van der Waals surface area contributed by atoms with Gasteiger partial charge in [0.05, 0.1) is 16.0 Å². The van der Waals surface area contributed by atoms with Crippen molar-refractivity contribution in [1.82, 2.24) is 3.97 Å². The van der Waals surface area contributed by atoms with Crippen molar-refractivity contribution < 1.29 is 18.3 Å². The van der Waals surface area contributed by atoms with Crippen molar-refractivity contribution >= 4 is 38.5 Å². The fourth-order valence-electron chi connectivity index (χ4n) is 2.78. The first-order valence-electron chi connectivity index (χ1n) is 7.92. The van der Waals surface area contributed by atoms with Crippen molar-refractivity contribution in [2.45, 2.75) is 31.1 Å². The first kappa shape index (κ1) is 18.5. The average Bonchev–Trinajstić information content (AvgIpc) is 2.93. The minimum atomic E-state index is -3.94. The topological polar surface area (TPSA) is 76.4 Å². The number of aromatic nitrogens is 1. The van der Waals surface area contributed by atoms with Gasteiger partial charge in [0, 0.05) is 16.6 Å². The number of fused-ring (bicyclic) bond motifs is 1. The SMILES string of the molecule is CC(C)(C)c1ccc(S(=O)(=O)n2cc(C(=O)O)c3cc(Cl)ccc32)cc1. The molecule has 5 nitrogen and oxygen atoms in total. The Kier molecular flexibility index (Phi) is 4.37. The van der Waals surface area contributed by atoms with Crippen LogP contribution in [0.25, 0.3) is 10.9 Å². The lowest BCUT2D eigenvalue weighted by atomic mass is 9.87. The Morgan fingerprint density at radius 1 is 1.08 bits per heavy atom. The van der Waals surface area contributed by atoms with E-state index in [1.54, 1.807) is 12.1 Å². The number of hydrogen-bond donors (Lipinski definition) is 1. The van der Waals surface area contributed by atoms with Crippen molar-refractivity contribution in [3.63, 3.8) is 0 Å². The first-order chi connectivity index (χ1) is 12.0. The molecule has 0 atom stereocenters. The van der Waals surface area contributed by atoms with E-state index in [-0.39, 0.29) is 26.8 Å². The van der Waals surface area contributed by atoms with E-state index in [9.17, 15) is 18.3 Å². The van der Waals surface area contributed by atoms with Crippen LogP contribution in [-0.4, -0.2) is 23.5 Å². The number of carboxylic acids is 1. The molecule has 1 aromatic heterocycles. The third-order valence-corrected chi connectivity index (χ3v) is 6.16. The third-order valence-electron chi connectivity index (χ3n) is 4.24. The van der Waals surface area contributed by atoms with E-state index in [0.717, 1.165) is 15.7 Å². The molecule has 1 N–H and O–H groups in total. The molecule has 1 heterocycles. The van der Waals surface area contributed by atoms with Gasteiger partial charge in [0.2, 0.25) is 0 Å². The third kappa shape index (κ3) is 3.10. The number of hydrogen-bond acceptors (Lipinski definition) is 3. The van der Waals surface area contributed by atoms with Crippen molar-refractivity contribution in [2.75, 3.05) is 0 Å². The highest BCUT2D eigenvalue weighted by molar-refractivity contribution is 7.90. The second kappa shape index (κ2) is 6.14. The number of benzene rings is 2. The summed E-state index contributed by atoms with van der Waals surface area (Å²) in [5, 5.41) is 10.0. The number of carboxylic acid groups (broad SMARTS) is 1. The van der Waals surface area contributed by atoms with E-state index in [1.165, 1.54) is 30.3 Å². The molecule has 0 aliphatic rings. The van der Waals surface area contributed by atoms with E-state index < -0.39 is 16.0 Å². The minimum absolute atomic E-state index is 0.0919. The molecular weight excluding hydrogens is 374 g/mol. The number of halogens is 1. The Morgan fingerprint density at radius 3 is 2.23 bits per heavy atom. The molecule has 0 unspecified atom stereocenters. The molecule has 0 amide bonds. The van der Waals surface area contributed by atoms with Crippen LogP contribution < -0.4 is 0 Å². The minimum Gasteiger partial charge on any atom is -0.478 e. The number of nitrogens with zero attached hydrogens (tertiary/aromatic N) is 1. The molecule has 0 spiro atoms. The molecule has 3 rings (SSSR count). The van der Waals surface area contributed by atoms with Gasteiger partial charge in [0.15, 0.2) is 0 Å². The van der Waals surface area contributed by atoms with Crippen LogP contribution >= 0.6 is 11.6 Å². The fourth-order valence-corrected chi connectivity index (χ4v) is 4.32. The van der Waals surface area contributed by atoms with Gasteiger partial charge in [-0.15, -0.1) is 0 Å². The second-order valence-corrected chi connectivity index (χ2v) is 9.34. The maximum absolute atomic E-state index is 13.1. The van der Waals surface area contributed by atoms with Crippen LogP contribution in [-0.2, 0) is 15.4 Å². The van der Waals surface area contributed by atoms with Crippen LogP contribution in [0.15, 0.2) is 53.6 Å². The summed E-state index contributed by atoms with van der Waals surface area (Å²) in [6, 6.07) is 11.1. The molecule has 2 aromatic carbocycles. The second-order valence-electron chi connectivity index (χ2n) is 7.08. The maximum atomic E-state index is 13.1. The smallest absolute Gasteiger partial charge is 0.337 e. The molecule has 3 aromatic rings. The number of aromatic carboxylic acids is 1. The van der Waals surface area contributed by atoms with Gasteiger partial charge < -0.3 is 5.11 Å². The number of carbonyl (C=O) groups is 1. The quantitative estimate of drug-likeness (QED) is 0.711. The standard InChI is InChI=1S/C19H18ClNO4S/c1-19(2,3)12-4-7-14(8-5-12)26(24,25)21-11-16(18(22)23)15-10-13(20)6-9-17(15)21/h4-11H,1-3H3,(H,22,23). The average molecular weight is 392 g/mol. The van der Waals surface area contributed by atoms with E-state index in [1.807, 2.05) is 20.8 Å². The van der Waals surface area contributed by atoms with Crippen LogP contribution in [0.4, 0.5) is 0 Å². The summed E-state index contributed by atoms with van der Waals surface area (Å²) in [5.74, 6) is -1.21. The van der Waals surface area contributed by atoms with E-state index in [4.69, 9.17) is 11.6 Å². The van der Waals surface area contributed by atoms with Gasteiger partial charge in [0.25, 0.3) is 10.0 Å². The predicted molar refractivity (Wildman–Crippen MR) is 102 cm³/mol. The van der Waals surface area contributed by atoms with Gasteiger partial charge in [-0.3, -0.25) is 0 Å². The zero-order chi connectivity index (χ0) is 19.3. The molecule has 0 aliphatic heterocycles. The van der Waals surface area contributed by atoms with Gasteiger partial charge in [-0.25, -0.2) is 17.2 Å². The highest BCUT2D eigenvalue weighted by Gasteiger charge is 2.24. The van der Waals surface area contributed by atoms with Gasteiger partial charge in [-0.05, 0) is 41.3 Å². The molecular formula is C19H18ClNO4S. The van der Waals surface area contributed by atoms with Gasteiger partial charge in [-0.1, -0.05) is 44.5 Å². The normalized spacial score (nSPS) is 12.5. The summed E-state index contributed by atoms with van der Waals surface area (Å²) in [7, 11) is -3.94. The van der Waals surface area contributed by atoms with Crippen LogP contribution in [0.3, 0.4) is 0 Å². The first-order valence-corrected chi connectivity index (χ1v) is 9.73. The Morgan fingerprint density at radius 2 is 1.69 bits per heavy atom. The van der Waals surface area contributed by atoms with Gasteiger partial charge >= 0.3 is 5.97 Å². The lowest BCUT2D eigenvalue weighted by Crippen LogP contribution is -2.14. The van der Waals surface area contributed by atoms with E-state index in [0.29, 0.717) is 5.02 Å².